The van der Waals surface area contributed by atoms with E-state index >= 15 is 0 Å². The number of benzene rings is 1. The van der Waals surface area contributed by atoms with E-state index < -0.39 is 0 Å². The van der Waals surface area contributed by atoms with Gasteiger partial charge >= 0.3 is 0 Å². The second-order valence-electron chi connectivity index (χ2n) is 4.28. The summed E-state index contributed by atoms with van der Waals surface area (Å²) in [5, 5.41) is 0. The molecular weight excluding hydrogens is 252 g/mol. The van der Waals surface area contributed by atoms with Crippen molar-refractivity contribution in [3.8, 4) is 0 Å². The topological polar surface area (TPSA) is 9.23 Å². The first-order chi connectivity index (χ1) is 7.00. The summed E-state index contributed by atoms with van der Waals surface area (Å²) in [6.45, 7) is 8.58. The fourth-order valence-electron chi connectivity index (χ4n) is 1.29. The molecule has 15 heavy (non-hydrogen) atoms. The van der Waals surface area contributed by atoms with Crippen LogP contribution in [-0.2, 0) is 4.74 Å². The SMILES string of the molecule is CC(C)[C@H](C)O[C@@H](C)c1ccc(Br)cc1. The Morgan fingerprint density at radius 1 is 1.00 bits per heavy atom. The molecule has 0 spiro atoms. The van der Waals surface area contributed by atoms with Crippen molar-refractivity contribution in [2.75, 3.05) is 0 Å². The zero-order valence-electron chi connectivity index (χ0n) is 9.83. The largest absolute Gasteiger partial charge is 0.371 e. The highest BCUT2D eigenvalue weighted by atomic mass is 79.9. The fourth-order valence-corrected chi connectivity index (χ4v) is 1.56. The van der Waals surface area contributed by atoms with Gasteiger partial charge in [-0.05, 0) is 37.5 Å². The Hall–Kier alpha value is -0.340. The van der Waals surface area contributed by atoms with Gasteiger partial charge in [-0.25, -0.2) is 0 Å². The molecule has 0 aliphatic rings. The summed E-state index contributed by atoms with van der Waals surface area (Å²) in [6, 6.07) is 8.30. The van der Waals surface area contributed by atoms with Crippen LogP contribution in [0.3, 0.4) is 0 Å². The Morgan fingerprint density at radius 3 is 2.00 bits per heavy atom. The molecule has 0 aliphatic heterocycles. The smallest absolute Gasteiger partial charge is 0.0800 e. The summed E-state index contributed by atoms with van der Waals surface area (Å²) in [7, 11) is 0. The molecule has 1 aromatic rings. The molecule has 0 amide bonds. The zero-order valence-corrected chi connectivity index (χ0v) is 11.4. The van der Waals surface area contributed by atoms with Gasteiger partial charge in [0.1, 0.15) is 0 Å². The van der Waals surface area contributed by atoms with Gasteiger partial charge in [0.2, 0.25) is 0 Å². The Balaban J connectivity index is 2.61. The highest BCUT2D eigenvalue weighted by Crippen LogP contribution is 2.22. The summed E-state index contributed by atoms with van der Waals surface area (Å²) in [6.07, 6.45) is 0.458. The first-order valence-electron chi connectivity index (χ1n) is 5.41. The van der Waals surface area contributed by atoms with Gasteiger partial charge in [-0.2, -0.15) is 0 Å². The second kappa shape index (κ2) is 5.66. The lowest BCUT2D eigenvalue weighted by molar-refractivity contribution is -0.0172. The van der Waals surface area contributed by atoms with E-state index in [1.54, 1.807) is 0 Å². The molecule has 0 fully saturated rings. The third-order valence-electron chi connectivity index (χ3n) is 2.70. The van der Waals surface area contributed by atoms with Crippen LogP contribution >= 0.6 is 15.9 Å². The molecule has 0 aromatic heterocycles. The van der Waals surface area contributed by atoms with Crippen molar-refractivity contribution in [1.82, 2.24) is 0 Å². The van der Waals surface area contributed by atoms with E-state index in [-0.39, 0.29) is 6.10 Å². The zero-order chi connectivity index (χ0) is 11.4. The Morgan fingerprint density at radius 2 is 1.53 bits per heavy atom. The molecule has 0 saturated heterocycles. The van der Waals surface area contributed by atoms with Crippen molar-refractivity contribution in [3.63, 3.8) is 0 Å². The molecular formula is C13H19BrO. The molecule has 0 saturated carbocycles. The van der Waals surface area contributed by atoms with E-state index in [0.29, 0.717) is 12.0 Å². The Labute approximate surface area is 101 Å². The maximum absolute atomic E-state index is 5.92. The molecule has 1 rings (SSSR count). The van der Waals surface area contributed by atoms with Crippen molar-refractivity contribution < 1.29 is 4.74 Å². The average molecular weight is 271 g/mol. The number of rotatable bonds is 4. The molecule has 1 nitrogen and oxygen atoms in total. The van der Waals surface area contributed by atoms with Crippen LogP contribution in [0.5, 0.6) is 0 Å². The summed E-state index contributed by atoms with van der Waals surface area (Å²) in [5.41, 5.74) is 1.23. The molecule has 2 heteroatoms. The standard InChI is InChI=1S/C13H19BrO/c1-9(2)10(3)15-11(4)12-5-7-13(14)8-6-12/h5-11H,1-4H3/t10-,11-/m0/s1. The minimum atomic E-state index is 0.162. The van der Waals surface area contributed by atoms with Gasteiger partial charge in [-0.1, -0.05) is 41.9 Å². The van der Waals surface area contributed by atoms with Crippen LogP contribution in [0.25, 0.3) is 0 Å². The van der Waals surface area contributed by atoms with Crippen molar-refractivity contribution >= 4 is 15.9 Å². The molecule has 0 N–H and O–H groups in total. The number of hydrogen-bond donors (Lipinski definition) is 0. The monoisotopic (exact) mass is 270 g/mol. The summed E-state index contributed by atoms with van der Waals surface area (Å²) in [4.78, 5) is 0. The molecule has 0 aliphatic carbocycles. The van der Waals surface area contributed by atoms with Gasteiger partial charge in [0.05, 0.1) is 12.2 Å². The van der Waals surface area contributed by atoms with Crippen molar-refractivity contribution in [3.05, 3.63) is 34.3 Å². The van der Waals surface area contributed by atoms with Gasteiger partial charge in [0.15, 0.2) is 0 Å². The fraction of sp³-hybridized carbons (Fsp3) is 0.538. The van der Waals surface area contributed by atoms with E-state index in [0.717, 1.165) is 4.47 Å². The lowest BCUT2D eigenvalue weighted by Gasteiger charge is -2.22. The normalized spacial score (nSPS) is 15.3. The highest BCUT2D eigenvalue weighted by molar-refractivity contribution is 9.10. The van der Waals surface area contributed by atoms with E-state index in [9.17, 15) is 0 Å². The van der Waals surface area contributed by atoms with Crippen LogP contribution in [0.2, 0.25) is 0 Å². The quantitative estimate of drug-likeness (QED) is 0.779. The molecule has 1 aromatic carbocycles. The third kappa shape index (κ3) is 3.96. The minimum Gasteiger partial charge on any atom is -0.371 e. The summed E-state index contributed by atoms with van der Waals surface area (Å²) >= 11 is 3.43. The molecule has 0 bridgehead atoms. The second-order valence-corrected chi connectivity index (χ2v) is 5.19. The molecule has 0 radical (unpaired) electrons. The molecule has 0 heterocycles. The Bertz CT molecular complexity index is 292. The van der Waals surface area contributed by atoms with Gasteiger partial charge < -0.3 is 4.74 Å². The van der Waals surface area contributed by atoms with Crippen molar-refractivity contribution in [1.29, 1.82) is 0 Å². The predicted octanol–water partition coefficient (Wildman–Crippen LogP) is 4.57. The first kappa shape index (κ1) is 12.7. The number of ether oxygens (including phenoxy) is 1. The number of halogens is 1. The van der Waals surface area contributed by atoms with E-state index in [1.807, 2.05) is 0 Å². The van der Waals surface area contributed by atoms with E-state index in [1.165, 1.54) is 5.56 Å². The third-order valence-corrected chi connectivity index (χ3v) is 3.23. The van der Waals surface area contributed by atoms with E-state index in [4.69, 9.17) is 4.74 Å². The van der Waals surface area contributed by atoms with Gasteiger partial charge in [-0.3, -0.25) is 0 Å². The minimum absolute atomic E-state index is 0.162. The van der Waals surface area contributed by atoms with Crippen LogP contribution in [0.15, 0.2) is 28.7 Å². The predicted molar refractivity (Wildman–Crippen MR) is 67.9 cm³/mol. The molecule has 0 unspecified atom stereocenters. The highest BCUT2D eigenvalue weighted by Gasteiger charge is 2.13. The number of hydrogen-bond acceptors (Lipinski definition) is 1. The maximum atomic E-state index is 5.92. The van der Waals surface area contributed by atoms with Crippen LogP contribution in [0.1, 0.15) is 39.4 Å². The summed E-state index contributed by atoms with van der Waals surface area (Å²) < 4.78 is 7.03. The van der Waals surface area contributed by atoms with E-state index in [2.05, 4.69) is 67.9 Å². The van der Waals surface area contributed by atoms with Crippen molar-refractivity contribution in [2.45, 2.75) is 39.9 Å². The van der Waals surface area contributed by atoms with Crippen LogP contribution in [-0.4, -0.2) is 6.10 Å². The summed E-state index contributed by atoms with van der Waals surface area (Å²) in [5.74, 6) is 0.558. The van der Waals surface area contributed by atoms with Crippen LogP contribution in [0.4, 0.5) is 0 Å². The first-order valence-corrected chi connectivity index (χ1v) is 6.21. The lowest BCUT2D eigenvalue weighted by atomic mass is 10.1. The molecule has 84 valence electrons. The average Bonchev–Trinajstić information content (AvgIpc) is 2.18. The van der Waals surface area contributed by atoms with Crippen molar-refractivity contribution in [2.24, 2.45) is 5.92 Å². The Kier molecular flexibility index (Phi) is 4.81. The maximum Gasteiger partial charge on any atom is 0.0800 e. The van der Waals surface area contributed by atoms with Gasteiger partial charge in [0.25, 0.3) is 0 Å². The molecule has 2 atom stereocenters. The lowest BCUT2D eigenvalue weighted by Crippen LogP contribution is -2.17. The van der Waals surface area contributed by atoms with Crippen LogP contribution in [0, 0.1) is 5.92 Å². The van der Waals surface area contributed by atoms with Gasteiger partial charge in [-0.15, -0.1) is 0 Å². The van der Waals surface area contributed by atoms with Gasteiger partial charge in [0, 0.05) is 4.47 Å². The van der Waals surface area contributed by atoms with Crippen LogP contribution < -0.4 is 0 Å².